The van der Waals surface area contributed by atoms with Crippen LogP contribution in [0.1, 0.15) is 45.7 Å². The van der Waals surface area contributed by atoms with Gasteiger partial charge in [0.1, 0.15) is 18.1 Å². The quantitative estimate of drug-likeness (QED) is 0.257. The zero-order valence-corrected chi connectivity index (χ0v) is 21.4. The van der Waals surface area contributed by atoms with E-state index in [1.807, 2.05) is 26.0 Å². The fourth-order valence-electron chi connectivity index (χ4n) is 4.04. The van der Waals surface area contributed by atoms with Crippen molar-refractivity contribution in [2.45, 2.75) is 46.6 Å². The smallest absolute Gasteiger partial charge is 0.357 e. The molecule has 1 aromatic heterocycles. The molecule has 0 saturated carbocycles. The molecule has 0 saturated heterocycles. The number of rotatable bonds is 8. The molecule has 7 heteroatoms. The van der Waals surface area contributed by atoms with Gasteiger partial charge in [0, 0.05) is 12.1 Å². The van der Waals surface area contributed by atoms with Gasteiger partial charge in [-0.15, -0.1) is 4.73 Å². The van der Waals surface area contributed by atoms with Crippen molar-refractivity contribution in [3.05, 3.63) is 93.4 Å². The topological polar surface area (TPSA) is 76.6 Å². The van der Waals surface area contributed by atoms with Gasteiger partial charge in [-0.2, -0.15) is 4.73 Å². The summed E-state index contributed by atoms with van der Waals surface area (Å²) in [6.07, 6.45) is 0. The third-order valence-electron chi connectivity index (χ3n) is 5.91. The molecule has 4 rings (SSSR count). The molecule has 0 bridgehead atoms. The summed E-state index contributed by atoms with van der Waals surface area (Å²) >= 11 is 0. The number of hydrogen-bond donors (Lipinski definition) is 0. The Kier molecular flexibility index (Phi) is 7.20. The van der Waals surface area contributed by atoms with Crippen LogP contribution in [0, 0.1) is 5.21 Å². The van der Waals surface area contributed by atoms with E-state index in [1.54, 1.807) is 42.5 Å². The molecule has 3 aromatic carbocycles. The normalized spacial score (nSPS) is 11.5. The number of para-hydroxylation sites is 2. The summed E-state index contributed by atoms with van der Waals surface area (Å²) < 4.78 is 13.2. The monoisotopic (exact) mass is 488 g/mol. The van der Waals surface area contributed by atoms with Crippen LogP contribution in [-0.2, 0) is 12.0 Å². The summed E-state index contributed by atoms with van der Waals surface area (Å²) in [6, 6.07) is 20.1. The number of fused-ring (bicyclic) bond motifs is 1. The first-order chi connectivity index (χ1) is 17.2. The van der Waals surface area contributed by atoms with Crippen molar-refractivity contribution in [1.82, 2.24) is 4.73 Å². The van der Waals surface area contributed by atoms with Gasteiger partial charge in [0.25, 0.3) is 5.69 Å². The predicted octanol–water partition coefficient (Wildman–Crippen LogP) is 5.03. The molecule has 36 heavy (non-hydrogen) atoms. The molecule has 0 amide bonds. The lowest BCUT2D eigenvalue weighted by Crippen LogP contribution is -2.42. The van der Waals surface area contributed by atoms with Crippen molar-refractivity contribution in [2.24, 2.45) is 0 Å². The van der Waals surface area contributed by atoms with E-state index in [1.165, 1.54) is 10.3 Å². The molecule has 0 atom stereocenters. The lowest BCUT2D eigenvalue weighted by Gasteiger charge is -2.19. The molecular formula is C29H32N2O5. The van der Waals surface area contributed by atoms with Gasteiger partial charge in [0.15, 0.2) is 5.52 Å². The Bertz CT molecular complexity index is 1420. The van der Waals surface area contributed by atoms with Crippen molar-refractivity contribution in [3.63, 3.8) is 0 Å². The zero-order chi connectivity index (χ0) is 25.9. The zero-order valence-electron chi connectivity index (χ0n) is 21.4. The van der Waals surface area contributed by atoms with E-state index in [2.05, 4.69) is 32.9 Å². The van der Waals surface area contributed by atoms with E-state index in [-0.39, 0.29) is 17.7 Å². The second-order valence-corrected chi connectivity index (χ2v) is 9.48. The van der Waals surface area contributed by atoms with Gasteiger partial charge in [0.2, 0.25) is 5.52 Å². The van der Waals surface area contributed by atoms with Crippen molar-refractivity contribution in [1.29, 1.82) is 0 Å². The van der Waals surface area contributed by atoms with Crippen LogP contribution >= 0.6 is 0 Å². The first-order valence-corrected chi connectivity index (χ1v) is 12.1. The maximum atomic E-state index is 13.7. The van der Waals surface area contributed by atoms with Crippen molar-refractivity contribution < 1.29 is 19.0 Å². The fraction of sp³-hybridized carbons (Fsp3) is 0.310. The maximum Gasteiger partial charge on any atom is 0.357 e. The average molecular weight is 489 g/mol. The van der Waals surface area contributed by atoms with Gasteiger partial charge >= 0.3 is 5.56 Å². The highest BCUT2D eigenvalue weighted by Crippen LogP contribution is 2.31. The summed E-state index contributed by atoms with van der Waals surface area (Å²) in [5.74, 6) is 0.989. The Labute approximate surface area is 211 Å². The summed E-state index contributed by atoms with van der Waals surface area (Å²) in [6.45, 7) is 11.2. The van der Waals surface area contributed by atoms with Crippen LogP contribution in [0.25, 0.3) is 22.3 Å². The molecule has 0 unspecified atom stereocenters. The summed E-state index contributed by atoms with van der Waals surface area (Å²) in [4.78, 5) is 19.7. The molecule has 0 N–H and O–H groups in total. The second kappa shape index (κ2) is 10.3. The van der Waals surface area contributed by atoms with Gasteiger partial charge in [-0.05, 0) is 48.6 Å². The minimum Gasteiger partial charge on any atom is -0.618 e. The average Bonchev–Trinajstić information content (AvgIpc) is 2.85. The Hall–Kier alpha value is -4.00. The highest BCUT2D eigenvalue weighted by molar-refractivity contribution is 5.75. The molecule has 0 aliphatic heterocycles. The first kappa shape index (κ1) is 25.1. The molecule has 0 fully saturated rings. The Balaban J connectivity index is 1.81. The summed E-state index contributed by atoms with van der Waals surface area (Å²) in [7, 11) is 0. The third-order valence-corrected chi connectivity index (χ3v) is 5.91. The standard InChI is InChI=1S/C29H32N2O5/c1-6-34-22-16-17-23(26(18-22)35-7-2)27-28(32)31(25-11-9-8-10-24(25)30(27)33)36-19-20-12-14-21(15-13-20)29(3,4)5/h8-18H,6-7,19H2,1-5H3. The Morgan fingerprint density at radius 3 is 2.28 bits per heavy atom. The van der Waals surface area contributed by atoms with Crippen molar-refractivity contribution >= 4 is 11.0 Å². The van der Waals surface area contributed by atoms with Crippen LogP contribution in [0.3, 0.4) is 0 Å². The van der Waals surface area contributed by atoms with Crippen LogP contribution in [0.4, 0.5) is 0 Å². The number of aromatic nitrogens is 2. The van der Waals surface area contributed by atoms with E-state index < -0.39 is 5.56 Å². The van der Waals surface area contributed by atoms with Crippen LogP contribution in [0.2, 0.25) is 0 Å². The van der Waals surface area contributed by atoms with Crippen LogP contribution in [-0.4, -0.2) is 17.9 Å². The lowest BCUT2D eigenvalue weighted by molar-refractivity contribution is -0.566. The van der Waals surface area contributed by atoms with E-state index in [0.717, 1.165) is 5.56 Å². The lowest BCUT2D eigenvalue weighted by atomic mass is 9.87. The van der Waals surface area contributed by atoms with Crippen molar-refractivity contribution in [2.75, 3.05) is 13.2 Å². The molecule has 0 aliphatic carbocycles. The molecule has 1 heterocycles. The highest BCUT2D eigenvalue weighted by Gasteiger charge is 2.26. The summed E-state index contributed by atoms with van der Waals surface area (Å²) in [5, 5.41) is 13.4. The minimum absolute atomic E-state index is 0.0403. The Morgan fingerprint density at radius 2 is 1.61 bits per heavy atom. The molecule has 0 aliphatic rings. The van der Waals surface area contributed by atoms with Gasteiger partial charge in [-0.1, -0.05) is 57.2 Å². The second-order valence-electron chi connectivity index (χ2n) is 9.48. The Morgan fingerprint density at radius 1 is 0.917 bits per heavy atom. The van der Waals surface area contributed by atoms with Crippen LogP contribution in [0.5, 0.6) is 11.5 Å². The number of nitrogens with zero attached hydrogens (tertiary/aromatic N) is 2. The third kappa shape index (κ3) is 5.00. The van der Waals surface area contributed by atoms with Gasteiger partial charge in [-0.25, -0.2) is 0 Å². The number of ether oxygens (including phenoxy) is 2. The maximum absolute atomic E-state index is 13.7. The van der Waals surface area contributed by atoms with Gasteiger partial charge in [0.05, 0.1) is 18.8 Å². The molecular weight excluding hydrogens is 456 g/mol. The van der Waals surface area contributed by atoms with Gasteiger partial charge < -0.3 is 19.5 Å². The summed E-state index contributed by atoms with van der Waals surface area (Å²) in [5.41, 5.74) is 2.58. The molecule has 0 spiro atoms. The predicted molar refractivity (Wildman–Crippen MR) is 140 cm³/mol. The largest absolute Gasteiger partial charge is 0.618 e. The highest BCUT2D eigenvalue weighted by atomic mass is 16.7. The minimum atomic E-state index is -0.569. The molecule has 4 aromatic rings. The van der Waals surface area contributed by atoms with Gasteiger partial charge in [-0.3, -0.25) is 4.79 Å². The number of hydrogen-bond acceptors (Lipinski definition) is 5. The van der Waals surface area contributed by atoms with E-state index in [4.69, 9.17) is 14.3 Å². The van der Waals surface area contributed by atoms with Crippen molar-refractivity contribution in [3.8, 4) is 22.8 Å². The van der Waals surface area contributed by atoms with E-state index in [9.17, 15) is 10.0 Å². The molecule has 188 valence electrons. The van der Waals surface area contributed by atoms with E-state index >= 15 is 0 Å². The van der Waals surface area contributed by atoms with E-state index in [0.29, 0.717) is 46.0 Å². The van der Waals surface area contributed by atoms with Crippen LogP contribution in [0.15, 0.2) is 71.5 Å². The number of benzene rings is 3. The van der Waals surface area contributed by atoms with Crippen LogP contribution < -0.4 is 24.6 Å². The SMILES string of the molecule is CCOc1ccc(-c2c(=O)n(OCc3ccc(C(C)(C)C)cc3)c3ccccc3[n+]2[O-])c(OCC)c1. The molecule has 7 nitrogen and oxygen atoms in total. The first-order valence-electron chi connectivity index (χ1n) is 12.1. The fourth-order valence-corrected chi connectivity index (χ4v) is 4.04. The molecule has 0 radical (unpaired) electrons.